The summed E-state index contributed by atoms with van der Waals surface area (Å²) >= 11 is 0. The van der Waals surface area contributed by atoms with Gasteiger partial charge in [-0.3, -0.25) is 0 Å². The average Bonchev–Trinajstić information content (AvgIpc) is 2.19. The van der Waals surface area contributed by atoms with Crippen LogP contribution in [0.25, 0.3) is 0 Å². The molecule has 9 heavy (non-hydrogen) atoms. The molecule has 0 N–H and O–H groups in total. The van der Waals surface area contributed by atoms with E-state index >= 15 is 0 Å². The van der Waals surface area contributed by atoms with Crippen molar-refractivity contribution in [1.82, 2.24) is 0 Å². The van der Waals surface area contributed by atoms with Gasteiger partial charge < -0.3 is 23.8 Å². The molecule has 0 nitrogen and oxygen atoms in total. The molecule has 0 unspecified atom stereocenters. The second kappa shape index (κ2) is 5.38. The molecular formula is C8H10Y-2. The van der Waals surface area contributed by atoms with Crippen molar-refractivity contribution in [1.29, 1.82) is 0 Å². The van der Waals surface area contributed by atoms with Crippen LogP contribution in [0.4, 0.5) is 0 Å². The van der Waals surface area contributed by atoms with Crippen molar-refractivity contribution in [2.45, 2.75) is 26.2 Å². The first-order valence-electron chi connectivity index (χ1n) is 3.03. The van der Waals surface area contributed by atoms with Crippen LogP contribution in [-0.4, -0.2) is 0 Å². The molecule has 0 aliphatic heterocycles. The summed E-state index contributed by atoms with van der Waals surface area (Å²) in [6, 6.07) is 0. The Hall–Kier alpha value is 0.584. The van der Waals surface area contributed by atoms with E-state index in [4.69, 9.17) is 0 Å². The molecule has 0 fully saturated rings. The summed E-state index contributed by atoms with van der Waals surface area (Å²) in [6.07, 6.45) is 11.9. The van der Waals surface area contributed by atoms with Crippen LogP contribution in [0.15, 0.2) is 11.6 Å². The van der Waals surface area contributed by atoms with E-state index in [9.17, 15) is 0 Å². The summed E-state index contributed by atoms with van der Waals surface area (Å²) < 4.78 is 0. The van der Waals surface area contributed by atoms with E-state index in [0.717, 1.165) is 6.42 Å². The molecule has 1 rings (SSSR count). The number of hydrogen-bond donors (Lipinski definition) is 0. The van der Waals surface area contributed by atoms with Crippen LogP contribution in [0.5, 0.6) is 0 Å². The Labute approximate surface area is 82.3 Å². The molecule has 0 amide bonds. The first-order valence-corrected chi connectivity index (χ1v) is 3.03. The minimum atomic E-state index is 0. The van der Waals surface area contributed by atoms with Gasteiger partial charge in [-0.15, -0.1) is 19.8 Å². The van der Waals surface area contributed by atoms with Gasteiger partial charge in [-0.2, -0.15) is 0 Å². The first-order chi connectivity index (χ1) is 3.93. The van der Waals surface area contributed by atoms with Crippen LogP contribution in [0.1, 0.15) is 26.2 Å². The molecule has 1 aliphatic rings. The smallest absolute Gasteiger partial charge is 0 e. The predicted octanol–water partition coefficient (Wildman–Crippen LogP) is 2.28. The number of hydrogen-bond acceptors (Lipinski definition) is 0. The Balaban J connectivity index is 0.000000640. The molecule has 0 saturated carbocycles. The van der Waals surface area contributed by atoms with Crippen molar-refractivity contribution in [3.8, 4) is 0 Å². The number of rotatable bonds is 1. The maximum atomic E-state index is 3.26. The third-order valence-electron chi connectivity index (χ3n) is 1.29. The Bertz CT molecular complexity index is 123. The fraction of sp³-hybridized carbons (Fsp3) is 0.500. The zero-order valence-corrected chi connectivity index (χ0v) is 8.61. The molecule has 1 aliphatic carbocycles. The van der Waals surface area contributed by atoms with E-state index in [2.05, 4.69) is 12.2 Å². The summed E-state index contributed by atoms with van der Waals surface area (Å²) in [4.78, 5) is 0. The molecule has 0 aromatic heterocycles. The fourth-order valence-corrected chi connectivity index (χ4v) is 0.914. The van der Waals surface area contributed by atoms with Gasteiger partial charge in [0.25, 0.3) is 0 Å². The summed E-state index contributed by atoms with van der Waals surface area (Å²) in [5, 5.41) is 0. The molecule has 0 heterocycles. The largest absolute Gasteiger partial charge is 0.388 e. The van der Waals surface area contributed by atoms with Gasteiger partial charge in [0.2, 0.25) is 0 Å². The van der Waals surface area contributed by atoms with E-state index in [1.165, 1.54) is 18.4 Å². The van der Waals surface area contributed by atoms with E-state index in [-0.39, 0.29) is 32.7 Å². The molecule has 1 heteroatoms. The predicted molar refractivity (Wildman–Crippen MR) is 34.1 cm³/mol. The van der Waals surface area contributed by atoms with Gasteiger partial charge in [-0.05, 0) is 0 Å². The Morgan fingerprint density at radius 1 is 1.67 bits per heavy atom. The van der Waals surface area contributed by atoms with Crippen molar-refractivity contribution >= 4 is 0 Å². The molecule has 0 bridgehead atoms. The van der Waals surface area contributed by atoms with Crippen LogP contribution in [0.3, 0.4) is 0 Å². The third-order valence-corrected chi connectivity index (χ3v) is 1.29. The van der Waals surface area contributed by atoms with E-state index in [1.54, 1.807) is 0 Å². The zero-order chi connectivity index (χ0) is 5.82. The molecule has 0 atom stereocenters. The second-order valence-electron chi connectivity index (χ2n) is 1.99. The van der Waals surface area contributed by atoms with Gasteiger partial charge in [0.15, 0.2) is 0 Å². The van der Waals surface area contributed by atoms with Gasteiger partial charge in [-0.25, -0.2) is 0 Å². The van der Waals surface area contributed by atoms with Gasteiger partial charge in [0.1, 0.15) is 0 Å². The van der Waals surface area contributed by atoms with Crippen LogP contribution < -0.4 is 0 Å². The van der Waals surface area contributed by atoms with Gasteiger partial charge >= 0.3 is 0 Å². The Morgan fingerprint density at radius 2 is 2.44 bits per heavy atom. The van der Waals surface area contributed by atoms with Gasteiger partial charge in [0, 0.05) is 32.7 Å². The quantitative estimate of drug-likeness (QED) is 0.563. The van der Waals surface area contributed by atoms with Crippen molar-refractivity contribution in [2.75, 3.05) is 0 Å². The zero-order valence-electron chi connectivity index (χ0n) is 5.78. The average molecular weight is 195 g/mol. The van der Waals surface area contributed by atoms with Crippen LogP contribution >= 0.6 is 0 Å². The molecule has 1 radical (unpaired) electrons. The van der Waals surface area contributed by atoms with E-state index in [1.807, 2.05) is 13.0 Å². The monoisotopic (exact) mass is 195 g/mol. The van der Waals surface area contributed by atoms with Crippen molar-refractivity contribution < 1.29 is 32.7 Å². The summed E-state index contributed by atoms with van der Waals surface area (Å²) in [5.74, 6) is 0. The molecule has 47 valence electrons. The summed E-state index contributed by atoms with van der Waals surface area (Å²) in [5.41, 5.74) is 1.34. The molecular weight excluding hydrogens is 185 g/mol. The van der Waals surface area contributed by atoms with E-state index < -0.39 is 0 Å². The van der Waals surface area contributed by atoms with Crippen LogP contribution in [0, 0.1) is 12.2 Å². The minimum absolute atomic E-state index is 0. The molecule has 0 spiro atoms. The fourth-order valence-electron chi connectivity index (χ4n) is 0.914. The number of allylic oxidation sites excluding steroid dienone is 4. The topological polar surface area (TPSA) is 0 Å². The maximum absolute atomic E-state index is 3.26. The molecule has 0 aromatic carbocycles. The van der Waals surface area contributed by atoms with Gasteiger partial charge in [-0.1, -0.05) is 6.42 Å². The van der Waals surface area contributed by atoms with Crippen molar-refractivity contribution in [3.05, 3.63) is 23.8 Å². The Kier molecular flexibility index (Phi) is 5.72. The SMILES string of the molecule is C[C-]=CC1=[C-]CCC1.[Y]. The second-order valence-corrected chi connectivity index (χ2v) is 1.99. The maximum Gasteiger partial charge on any atom is 0 e. The van der Waals surface area contributed by atoms with Crippen LogP contribution in [0.2, 0.25) is 0 Å². The summed E-state index contributed by atoms with van der Waals surface area (Å²) in [7, 11) is 0. The standard InChI is InChI=1S/C8H10.Y/c1-2-5-8-6-3-4-7-8;/h5H,3-4,6H2,1H3;/q-2;. The van der Waals surface area contributed by atoms with E-state index in [0.29, 0.717) is 0 Å². The van der Waals surface area contributed by atoms with Gasteiger partial charge in [0.05, 0.1) is 0 Å². The Morgan fingerprint density at radius 3 is 2.89 bits per heavy atom. The first kappa shape index (κ1) is 9.58. The molecule has 0 aromatic rings. The molecule has 0 saturated heterocycles. The van der Waals surface area contributed by atoms with Crippen LogP contribution in [-0.2, 0) is 32.7 Å². The summed E-state index contributed by atoms with van der Waals surface area (Å²) in [6.45, 7) is 1.92. The normalized spacial score (nSPS) is 17.7. The minimum Gasteiger partial charge on any atom is -0.388 e. The third kappa shape index (κ3) is 3.32. The van der Waals surface area contributed by atoms with Crippen molar-refractivity contribution in [3.63, 3.8) is 0 Å². The van der Waals surface area contributed by atoms with Crippen molar-refractivity contribution in [2.24, 2.45) is 0 Å².